The molecule has 5 heterocycles. The second-order valence-corrected chi connectivity index (χ2v) is 50.2. The molecule has 5 atom stereocenters. The number of rotatable bonds is 1. The largest absolute Gasteiger partial charge is 0.481 e. The standard InChI is InChI=1S/C22H26.3C18H24S.C14H22S.C14H16S.Ir/c1-13-8-7-9-17-20(13)16-10-14-11-18(21(2,3)4)15(14)12-19(16)22(17,5)6;1-17(2,3)11-7-8-15-12(9-11)13-10-14(16(13)19-15)18(4,5)6;1-17(2,3)11-7-8-12-13-10-14(18(4,5)6)16(13)19-15(12)9-11;1-17(2,3)13-9-7-8-11-12-10-14(18(4,5)6)16(12)19-15(11)13;1-13(2,3)10-7-9-8-11(14(4,5)6)15-12(9)10;1-10-6-5-7-13-12(10)8-11(15-13)9-14(2,3)4;/h7-10,12,18H,11H2,1-6H3;3*7-9,14H,10H2,1-6H3;8,10H,7H2,1-6H3;5-7,9H,1-4H3;/q;;;;;-2;. The van der Waals surface area contributed by atoms with Gasteiger partial charge in [0.15, 0.2) is 0 Å². The average Bonchev–Trinajstić information content (AvgIpc) is 1.54. The van der Waals surface area contributed by atoms with E-state index < -0.39 is 0 Å². The third-order valence-electron chi connectivity index (χ3n) is 25.0. The van der Waals surface area contributed by atoms with E-state index in [0.29, 0.717) is 38.4 Å². The van der Waals surface area contributed by atoms with Crippen LogP contribution in [-0.4, -0.2) is 0 Å². The molecule has 0 fully saturated rings. The van der Waals surface area contributed by atoms with Crippen LogP contribution < -0.4 is 0 Å². The molecule has 0 amide bonds. The third kappa shape index (κ3) is 17.3. The van der Waals surface area contributed by atoms with Gasteiger partial charge in [0.05, 0.1) is 0 Å². The molecular formula is C104H136IrS5-2. The SMILES string of the molecule is CC(C)(C)c1cc2c(s1)C(C(C)(C)C)C2.CC(C)(C)c1ccc2c3c(sc2c1)C(C(C)(C)C)C3.CC(C)(C)c1ccc2sc3c(c2c1)CC3C(C)(C)C.CC(C)(C)c1cccc2c3c(sc12)C(C(C)(C)C)C3.Cc1cccc2c1-c1cc3c(cc1C2(C)C)C(C(C)(C)C)C3.Cc1cccc2sc([CH-]C(C)(C)C)[c-]c12.[Ir]. The van der Waals surface area contributed by atoms with Gasteiger partial charge >= 0.3 is 0 Å². The summed E-state index contributed by atoms with van der Waals surface area (Å²) in [6.45, 7) is 79.0. The van der Waals surface area contributed by atoms with E-state index in [1.54, 1.807) is 57.8 Å². The fraction of sp³-hybridized carbons (Fsp3) is 0.529. The van der Waals surface area contributed by atoms with Crippen molar-refractivity contribution in [2.24, 2.45) is 32.5 Å². The molecule has 0 saturated carbocycles. The third-order valence-corrected chi connectivity index (χ3v) is 31.7. The number of hydrogen-bond acceptors (Lipinski definition) is 5. The van der Waals surface area contributed by atoms with Gasteiger partial charge in [-0.25, -0.2) is 11.3 Å². The van der Waals surface area contributed by atoms with E-state index in [1.165, 1.54) is 127 Å². The minimum Gasteiger partial charge on any atom is -0.481 e. The fourth-order valence-electron chi connectivity index (χ4n) is 17.4. The van der Waals surface area contributed by atoms with Crippen molar-refractivity contribution in [3.8, 4) is 11.1 Å². The van der Waals surface area contributed by atoms with Crippen LogP contribution in [0.15, 0.2) is 109 Å². The van der Waals surface area contributed by atoms with Gasteiger partial charge in [0, 0.05) is 87.7 Å². The van der Waals surface area contributed by atoms with Crippen molar-refractivity contribution in [1.29, 1.82) is 0 Å². The zero-order chi connectivity index (χ0) is 80.3. The van der Waals surface area contributed by atoms with Crippen LogP contribution in [0, 0.1) is 58.8 Å². The molecule has 5 unspecified atom stereocenters. The first kappa shape index (κ1) is 86.2. The van der Waals surface area contributed by atoms with E-state index in [1.807, 2.05) is 45.3 Å². The van der Waals surface area contributed by atoms with Gasteiger partial charge in [-0.05, 0) is 230 Å². The van der Waals surface area contributed by atoms with Gasteiger partial charge in [-0.1, -0.05) is 306 Å². The molecule has 593 valence electrons. The molecule has 0 aliphatic heterocycles. The molecule has 6 aliphatic rings. The molecule has 6 heteroatoms. The average molecular weight is 1740 g/mol. The summed E-state index contributed by atoms with van der Waals surface area (Å²) in [5.74, 6) is 3.80. The van der Waals surface area contributed by atoms with Crippen molar-refractivity contribution in [2.75, 3.05) is 0 Å². The topological polar surface area (TPSA) is 0 Å². The number of hydrogen-bond donors (Lipinski definition) is 0. The van der Waals surface area contributed by atoms with E-state index in [2.05, 4.69) is 368 Å². The fourth-order valence-corrected chi connectivity index (χ4v) is 25.4. The van der Waals surface area contributed by atoms with Crippen LogP contribution in [0.25, 0.3) is 51.5 Å². The van der Waals surface area contributed by atoms with Crippen molar-refractivity contribution in [3.05, 3.63) is 223 Å². The predicted octanol–water partition coefficient (Wildman–Crippen LogP) is 33.0. The monoisotopic (exact) mass is 1740 g/mol. The summed E-state index contributed by atoms with van der Waals surface area (Å²) in [6.07, 6.45) is 8.64. The predicted molar refractivity (Wildman–Crippen MR) is 491 cm³/mol. The first-order valence-electron chi connectivity index (χ1n) is 41.3. The summed E-state index contributed by atoms with van der Waals surface area (Å²) in [5, 5.41) is 5.83. The van der Waals surface area contributed by atoms with E-state index >= 15 is 0 Å². The van der Waals surface area contributed by atoms with E-state index in [4.69, 9.17) is 0 Å². The van der Waals surface area contributed by atoms with Gasteiger partial charge in [-0.3, -0.25) is 0 Å². The number of fused-ring (bicyclic) bond motifs is 15. The van der Waals surface area contributed by atoms with E-state index in [-0.39, 0.29) is 47.2 Å². The Kier molecular flexibility index (Phi) is 23.4. The Morgan fingerprint density at radius 1 is 0.382 bits per heavy atom. The smallest absolute Gasteiger partial charge is 0.0385 e. The molecule has 17 rings (SSSR count). The quantitative estimate of drug-likeness (QED) is 0.144. The van der Waals surface area contributed by atoms with Crippen LogP contribution in [0.1, 0.15) is 353 Å². The first-order valence-corrected chi connectivity index (χ1v) is 45.3. The maximum atomic E-state index is 3.48. The maximum absolute atomic E-state index is 3.48. The van der Waals surface area contributed by atoms with Crippen molar-refractivity contribution < 1.29 is 20.1 Å². The second-order valence-electron chi connectivity index (χ2n) is 44.8. The Bertz CT molecular complexity index is 5190. The van der Waals surface area contributed by atoms with Crippen LogP contribution in [0.4, 0.5) is 0 Å². The van der Waals surface area contributed by atoms with Crippen molar-refractivity contribution in [3.63, 3.8) is 0 Å². The van der Waals surface area contributed by atoms with Crippen LogP contribution in [-0.2, 0) is 79.3 Å². The molecule has 0 spiro atoms. The molecule has 0 nitrogen and oxygen atoms in total. The molecule has 6 aliphatic carbocycles. The van der Waals surface area contributed by atoms with Gasteiger partial charge in [-0.15, -0.1) is 50.8 Å². The summed E-state index contributed by atoms with van der Waals surface area (Å²) < 4.78 is 5.84. The normalized spacial score (nSPS) is 18.7. The summed E-state index contributed by atoms with van der Waals surface area (Å²) in [7, 11) is 0. The van der Waals surface area contributed by atoms with Crippen LogP contribution in [0.5, 0.6) is 0 Å². The Hall–Kier alpha value is -4.62. The van der Waals surface area contributed by atoms with E-state index in [0.717, 1.165) is 23.7 Å². The molecule has 110 heavy (non-hydrogen) atoms. The summed E-state index contributed by atoms with van der Waals surface area (Å²) in [4.78, 5) is 9.42. The van der Waals surface area contributed by atoms with Crippen LogP contribution in [0.3, 0.4) is 0 Å². The van der Waals surface area contributed by atoms with Gasteiger partial charge in [0.2, 0.25) is 0 Å². The van der Waals surface area contributed by atoms with Crippen molar-refractivity contribution >= 4 is 97.0 Å². The first-order chi connectivity index (χ1) is 49.9. The zero-order valence-corrected chi connectivity index (χ0v) is 80.7. The summed E-state index contributed by atoms with van der Waals surface area (Å²) in [5.41, 5.74) is 26.3. The molecule has 1 radical (unpaired) electrons. The molecular weight excluding hydrogens is 1600 g/mol. The Balaban J connectivity index is 0.000000131. The minimum absolute atomic E-state index is 0. The Morgan fingerprint density at radius 2 is 0.873 bits per heavy atom. The Labute approximate surface area is 702 Å². The van der Waals surface area contributed by atoms with Gasteiger partial charge in [-0.2, -0.15) is 5.39 Å². The number of benzene rings is 6. The van der Waals surface area contributed by atoms with Gasteiger partial charge in [0.1, 0.15) is 0 Å². The van der Waals surface area contributed by atoms with Gasteiger partial charge < -0.3 is 17.4 Å². The summed E-state index contributed by atoms with van der Waals surface area (Å²) in [6, 6.07) is 45.2. The second kappa shape index (κ2) is 29.8. The molecule has 0 saturated heterocycles. The molecule has 0 N–H and O–H groups in total. The number of aryl methyl sites for hydroxylation is 2. The molecule has 5 aromatic heterocycles. The molecule has 11 aromatic rings. The van der Waals surface area contributed by atoms with Crippen molar-refractivity contribution in [2.45, 2.75) is 324 Å². The zero-order valence-electron chi connectivity index (χ0n) is 74.3. The van der Waals surface area contributed by atoms with Crippen LogP contribution in [0.2, 0.25) is 0 Å². The van der Waals surface area contributed by atoms with Gasteiger partial charge in [0.25, 0.3) is 0 Å². The Morgan fingerprint density at radius 3 is 1.41 bits per heavy atom. The number of thiophene rings is 5. The molecule has 0 bridgehead atoms. The summed E-state index contributed by atoms with van der Waals surface area (Å²) >= 11 is 9.97. The van der Waals surface area contributed by atoms with Crippen LogP contribution >= 0.6 is 56.7 Å². The van der Waals surface area contributed by atoms with E-state index in [9.17, 15) is 0 Å². The van der Waals surface area contributed by atoms with Crippen molar-refractivity contribution in [1.82, 2.24) is 0 Å². The molecule has 6 aromatic carbocycles. The minimum atomic E-state index is 0. The maximum Gasteiger partial charge on any atom is 0.0385 e.